The van der Waals surface area contributed by atoms with Crippen LogP contribution >= 0.6 is 11.3 Å². The lowest BCUT2D eigenvalue weighted by atomic mass is 10.2. The number of benzene rings is 1. The molecule has 1 saturated heterocycles. The summed E-state index contributed by atoms with van der Waals surface area (Å²) in [5, 5.41) is 4.65. The first kappa shape index (κ1) is 21.1. The van der Waals surface area contributed by atoms with Crippen LogP contribution in [0, 0.1) is 0 Å². The fourth-order valence-corrected chi connectivity index (χ4v) is 4.52. The predicted molar refractivity (Wildman–Crippen MR) is 122 cm³/mol. The average Bonchev–Trinajstić information content (AvgIpc) is 3.53. The van der Waals surface area contributed by atoms with Crippen molar-refractivity contribution in [3.05, 3.63) is 58.5 Å². The second-order valence-corrected chi connectivity index (χ2v) is 8.59. The van der Waals surface area contributed by atoms with E-state index in [1.165, 1.54) is 18.4 Å². The van der Waals surface area contributed by atoms with Crippen LogP contribution in [0.5, 0.6) is 0 Å². The minimum atomic E-state index is -0.428. The Kier molecular flexibility index (Phi) is 6.11. The summed E-state index contributed by atoms with van der Waals surface area (Å²) in [5.41, 5.74) is 2.46. The molecule has 4 rings (SSSR count). The van der Waals surface area contributed by atoms with Gasteiger partial charge in [-0.3, -0.25) is 4.79 Å². The Morgan fingerprint density at radius 1 is 1.16 bits per heavy atom. The van der Waals surface area contributed by atoms with Crippen molar-refractivity contribution >= 4 is 34.6 Å². The van der Waals surface area contributed by atoms with E-state index in [1.54, 1.807) is 23.6 Å². The maximum absolute atomic E-state index is 12.6. The molecule has 7 nitrogen and oxygen atoms in total. The lowest BCUT2D eigenvalue weighted by Crippen LogP contribution is -2.31. The van der Waals surface area contributed by atoms with Gasteiger partial charge in [0.2, 0.25) is 0 Å². The van der Waals surface area contributed by atoms with Crippen molar-refractivity contribution in [1.82, 2.24) is 4.90 Å². The number of amides is 1. The number of likely N-dealkylation sites (N-methyl/N-ethyl adjacent to an activating group) is 1. The van der Waals surface area contributed by atoms with Gasteiger partial charge in [0, 0.05) is 36.1 Å². The van der Waals surface area contributed by atoms with Crippen LogP contribution in [0.1, 0.15) is 26.6 Å². The maximum Gasteiger partial charge on any atom is 0.348 e. The molecule has 31 heavy (non-hydrogen) atoms. The number of rotatable bonds is 6. The molecule has 1 atom stereocenters. The molecule has 0 radical (unpaired) electrons. The van der Waals surface area contributed by atoms with Crippen LogP contribution in [0.15, 0.2) is 52.3 Å². The number of anilines is 2. The van der Waals surface area contributed by atoms with Gasteiger partial charge < -0.3 is 24.3 Å². The van der Waals surface area contributed by atoms with Gasteiger partial charge in [0.1, 0.15) is 10.6 Å². The maximum atomic E-state index is 12.6. The van der Waals surface area contributed by atoms with E-state index in [-0.39, 0.29) is 11.7 Å². The average molecular weight is 440 g/mol. The molecule has 8 heteroatoms. The zero-order valence-electron chi connectivity index (χ0n) is 17.8. The fraction of sp³-hybridized carbons (Fsp3) is 0.304. The molecule has 0 bridgehead atoms. The van der Waals surface area contributed by atoms with Gasteiger partial charge in [-0.15, -0.1) is 11.3 Å². The quantitative estimate of drug-likeness (QED) is 0.581. The third kappa shape index (κ3) is 4.50. The number of furan rings is 1. The van der Waals surface area contributed by atoms with E-state index in [2.05, 4.69) is 29.2 Å². The number of nitrogens with one attached hydrogen (secondary N) is 1. The number of hydrogen-bond acceptors (Lipinski definition) is 7. The molecule has 0 spiro atoms. The van der Waals surface area contributed by atoms with Gasteiger partial charge in [0.15, 0.2) is 5.76 Å². The molecule has 2 aromatic heterocycles. The second-order valence-electron chi connectivity index (χ2n) is 7.67. The number of ether oxygens (including phenoxy) is 1. The van der Waals surface area contributed by atoms with Gasteiger partial charge in [-0.2, -0.15) is 0 Å². The monoisotopic (exact) mass is 439 g/mol. The number of nitrogens with zero attached hydrogens (tertiary/aromatic N) is 2. The number of carbonyl (C=O) groups is 2. The first-order valence-electron chi connectivity index (χ1n) is 10.0. The second kappa shape index (κ2) is 8.95. The molecule has 1 aliphatic rings. The van der Waals surface area contributed by atoms with Gasteiger partial charge in [-0.1, -0.05) is 0 Å². The Labute approximate surface area is 185 Å². The largest absolute Gasteiger partial charge is 0.465 e. The number of hydrogen-bond donors (Lipinski definition) is 1. The van der Waals surface area contributed by atoms with Gasteiger partial charge in [-0.05, 0) is 68.4 Å². The molecule has 162 valence electrons. The Morgan fingerprint density at radius 3 is 2.61 bits per heavy atom. The molecule has 1 aliphatic heterocycles. The van der Waals surface area contributed by atoms with Crippen molar-refractivity contribution in [3.63, 3.8) is 0 Å². The van der Waals surface area contributed by atoms with Crippen molar-refractivity contribution in [1.29, 1.82) is 0 Å². The normalized spacial score (nSPS) is 16.0. The Bertz CT molecular complexity index is 1070. The van der Waals surface area contributed by atoms with E-state index in [0.717, 1.165) is 25.2 Å². The van der Waals surface area contributed by atoms with Gasteiger partial charge in [0.05, 0.1) is 7.11 Å². The third-order valence-electron chi connectivity index (χ3n) is 5.52. The van der Waals surface area contributed by atoms with Crippen LogP contribution < -0.4 is 10.2 Å². The summed E-state index contributed by atoms with van der Waals surface area (Å²) >= 11 is 1.27. The summed E-state index contributed by atoms with van der Waals surface area (Å²) in [6.07, 6.45) is 1.15. The molecule has 3 aromatic rings. The first-order chi connectivity index (χ1) is 15.0. The van der Waals surface area contributed by atoms with Crippen LogP contribution in [-0.2, 0) is 4.74 Å². The zero-order valence-corrected chi connectivity index (χ0v) is 18.6. The molecule has 1 amide bonds. The van der Waals surface area contributed by atoms with E-state index in [1.807, 2.05) is 24.3 Å². The van der Waals surface area contributed by atoms with E-state index in [0.29, 0.717) is 27.9 Å². The van der Waals surface area contributed by atoms with Crippen molar-refractivity contribution in [2.24, 2.45) is 0 Å². The van der Waals surface area contributed by atoms with E-state index < -0.39 is 5.97 Å². The van der Waals surface area contributed by atoms with Gasteiger partial charge in [0.25, 0.3) is 5.91 Å². The highest BCUT2D eigenvalue weighted by Gasteiger charge is 2.24. The van der Waals surface area contributed by atoms with Crippen LogP contribution in [0.2, 0.25) is 0 Å². The fourth-order valence-electron chi connectivity index (χ4n) is 3.70. The zero-order chi connectivity index (χ0) is 22.0. The summed E-state index contributed by atoms with van der Waals surface area (Å²) in [6.45, 7) is 2.03. The van der Waals surface area contributed by atoms with Gasteiger partial charge in [-0.25, -0.2) is 4.79 Å². The molecule has 3 heterocycles. The Morgan fingerprint density at radius 2 is 1.94 bits per heavy atom. The van der Waals surface area contributed by atoms with Crippen LogP contribution in [0.4, 0.5) is 11.4 Å². The van der Waals surface area contributed by atoms with Crippen LogP contribution in [-0.4, -0.2) is 57.1 Å². The van der Waals surface area contributed by atoms with Crippen LogP contribution in [0.3, 0.4) is 0 Å². The van der Waals surface area contributed by atoms with E-state index in [9.17, 15) is 9.59 Å². The lowest BCUT2D eigenvalue weighted by molar-refractivity contribution is 0.0607. The van der Waals surface area contributed by atoms with Crippen molar-refractivity contribution in [2.75, 3.05) is 44.5 Å². The van der Waals surface area contributed by atoms with E-state index >= 15 is 0 Å². The summed E-state index contributed by atoms with van der Waals surface area (Å²) < 4.78 is 10.5. The highest BCUT2D eigenvalue weighted by molar-refractivity contribution is 7.12. The molecule has 1 unspecified atom stereocenters. The number of carbonyl (C=O) groups excluding carboxylic acids is 2. The molecule has 1 N–H and O–H groups in total. The van der Waals surface area contributed by atoms with Crippen molar-refractivity contribution < 1.29 is 18.7 Å². The SMILES string of the molecule is COC(=O)c1sccc1-c1ccc(C(=O)Nc2ccc(N3CCC(N(C)C)C3)cc2)o1. The standard InChI is InChI=1S/C23H25N3O4S/c1-25(2)17-10-12-26(14-17)16-6-4-15(5-7-16)24-22(27)20-9-8-19(30-20)18-11-13-31-21(18)23(28)29-3/h4-9,11,13,17H,10,12,14H2,1-3H3,(H,24,27). The molecule has 1 fully saturated rings. The third-order valence-corrected chi connectivity index (χ3v) is 6.41. The molecule has 1 aromatic carbocycles. The summed E-state index contributed by atoms with van der Waals surface area (Å²) in [4.78, 5) is 29.6. The summed E-state index contributed by atoms with van der Waals surface area (Å²) in [5.74, 6) is -0.147. The highest BCUT2D eigenvalue weighted by Crippen LogP contribution is 2.31. The minimum absolute atomic E-state index is 0.175. The molecular weight excluding hydrogens is 414 g/mol. The number of esters is 1. The topological polar surface area (TPSA) is 75.0 Å². The minimum Gasteiger partial charge on any atom is -0.465 e. The lowest BCUT2D eigenvalue weighted by Gasteiger charge is -2.22. The summed E-state index contributed by atoms with van der Waals surface area (Å²) in [6, 6.07) is 13.5. The summed E-state index contributed by atoms with van der Waals surface area (Å²) in [7, 11) is 5.56. The number of methoxy groups -OCH3 is 1. The van der Waals surface area contributed by atoms with Crippen molar-refractivity contribution in [3.8, 4) is 11.3 Å². The van der Waals surface area contributed by atoms with Crippen molar-refractivity contribution in [2.45, 2.75) is 12.5 Å². The Balaban J connectivity index is 1.42. The predicted octanol–water partition coefficient (Wildman–Crippen LogP) is 4.19. The smallest absolute Gasteiger partial charge is 0.348 e. The molecular formula is C23H25N3O4S. The van der Waals surface area contributed by atoms with E-state index in [4.69, 9.17) is 9.15 Å². The molecule has 0 saturated carbocycles. The first-order valence-corrected chi connectivity index (χ1v) is 10.9. The Hall–Kier alpha value is -3.10. The number of thiophene rings is 1. The van der Waals surface area contributed by atoms with Gasteiger partial charge >= 0.3 is 5.97 Å². The van der Waals surface area contributed by atoms with Crippen LogP contribution in [0.25, 0.3) is 11.3 Å². The highest BCUT2D eigenvalue weighted by atomic mass is 32.1. The molecule has 0 aliphatic carbocycles.